The molecule has 2 amide bonds. The van der Waals surface area contributed by atoms with E-state index in [0.29, 0.717) is 6.42 Å². The highest BCUT2D eigenvalue weighted by Crippen LogP contribution is 2.56. The number of aliphatic hydroxyl groups excluding tert-OH is 2. The minimum atomic E-state index is -1.67. The molecule has 1 fully saturated rings. The van der Waals surface area contributed by atoms with E-state index in [1.807, 2.05) is 20.8 Å². The van der Waals surface area contributed by atoms with Crippen LogP contribution in [0.3, 0.4) is 0 Å². The molecule has 214 valence electrons. The van der Waals surface area contributed by atoms with Gasteiger partial charge in [0.25, 0.3) is 0 Å². The van der Waals surface area contributed by atoms with Gasteiger partial charge in [0.05, 0.1) is 18.8 Å². The molecule has 12 heteroatoms. The van der Waals surface area contributed by atoms with Crippen molar-refractivity contribution in [3.63, 3.8) is 0 Å². The fraction of sp³-hybridized carbons (Fsp3) is 0.481. The highest BCUT2D eigenvalue weighted by atomic mass is 35.5. The Balaban J connectivity index is 0.00000420. The van der Waals surface area contributed by atoms with E-state index in [-0.39, 0.29) is 42.2 Å². The molecule has 5 N–H and O–H groups in total. The van der Waals surface area contributed by atoms with Crippen LogP contribution < -0.4 is 16.0 Å². The lowest BCUT2D eigenvalue weighted by molar-refractivity contribution is -0.124. The molecule has 0 unspecified atom stereocenters. The molecule has 0 aliphatic carbocycles. The number of carbonyl (C=O) groups is 2. The van der Waals surface area contributed by atoms with Crippen LogP contribution in [0, 0.1) is 28.7 Å². The second-order valence-corrected chi connectivity index (χ2v) is 11.2. The Morgan fingerprint density at radius 2 is 1.72 bits per heavy atom. The van der Waals surface area contributed by atoms with E-state index in [1.165, 1.54) is 6.07 Å². The zero-order chi connectivity index (χ0) is 28.0. The first-order valence-corrected chi connectivity index (χ1v) is 12.4. The Morgan fingerprint density at radius 1 is 1.08 bits per heavy atom. The maximum Gasteiger partial charge on any atom is 0.237 e. The second-order valence-electron chi connectivity index (χ2n) is 11.2. The molecule has 5 atom stereocenters. The SMILES string of the molecule is CC(C)(C)C[C@H]1N[C@@H](C(=O)NCC[C@H](O)CO)[C@H](c2ccc(F)c(F)c2)[C@@]12C(=O)Nc1cc(F)c(F)cc12.Cl. The zero-order valence-corrected chi connectivity index (χ0v) is 22.5. The van der Waals surface area contributed by atoms with E-state index < -0.39 is 76.6 Å². The van der Waals surface area contributed by atoms with Crippen molar-refractivity contribution in [2.24, 2.45) is 5.41 Å². The van der Waals surface area contributed by atoms with Crippen molar-refractivity contribution in [3.05, 3.63) is 64.7 Å². The van der Waals surface area contributed by atoms with Gasteiger partial charge in [-0.2, -0.15) is 0 Å². The number of benzene rings is 2. The topological polar surface area (TPSA) is 111 Å². The van der Waals surface area contributed by atoms with Crippen LogP contribution in [-0.4, -0.2) is 53.4 Å². The Morgan fingerprint density at radius 3 is 2.33 bits per heavy atom. The zero-order valence-electron chi connectivity index (χ0n) is 21.7. The molecule has 0 saturated carbocycles. The number of nitrogens with one attached hydrogen (secondary N) is 3. The molecule has 1 saturated heterocycles. The molecular weight excluding hydrogens is 542 g/mol. The highest BCUT2D eigenvalue weighted by molar-refractivity contribution is 6.09. The number of carbonyl (C=O) groups excluding carboxylic acids is 2. The van der Waals surface area contributed by atoms with E-state index >= 15 is 0 Å². The molecule has 1 spiro atoms. The lowest BCUT2D eigenvalue weighted by atomic mass is 9.62. The summed E-state index contributed by atoms with van der Waals surface area (Å²) in [5.74, 6) is -7.03. The minimum absolute atomic E-state index is 0. The first-order chi connectivity index (χ1) is 17.8. The summed E-state index contributed by atoms with van der Waals surface area (Å²) in [6, 6.07) is 2.91. The number of anilines is 1. The summed E-state index contributed by atoms with van der Waals surface area (Å²) < 4.78 is 57.2. The van der Waals surface area contributed by atoms with Gasteiger partial charge in [0.1, 0.15) is 5.41 Å². The summed E-state index contributed by atoms with van der Waals surface area (Å²) in [6.07, 6.45) is -0.694. The first-order valence-electron chi connectivity index (χ1n) is 12.4. The van der Waals surface area contributed by atoms with Crippen LogP contribution >= 0.6 is 12.4 Å². The van der Waals surface area contributed by atoms with Crippen LogP contribution in [0.2, 0.25) is 0 Å². The van der Waals surface area contributed by atoms with Gasteiger partial charge < -0.3 is 26.2 Å². The second kappa shape index (κ2) is 11.4. The molecule has 2 aromatic rings. The highest BCUT2D eigenvalue weighted by Gasteiger charge is 2.66. The molecule has 7 nitrogen and oxygen atoms in total. The maximum absolute atomic E-state index is 14.6. The van der Waals surface area contributed by atoms with E-state index in [2.05, 4.69) is 16.0 Å². The summed E-state index contributed by atoms with van der Waals surface area (Å²) in [6.45, 7) is 5.24. The standard InChI is InChI=1S/C27H31F4N3O4.ClH/c1-26(2,3)11-21-27(15-9-18(30)19(31)10-20(15)33-25(27)38)22(13-4-5-16(28)17(29)8-13)23(34-21)24(37)32-7-6-14(36)12-35;/h4-5,8-10,14,21-23,34-36H,6-7,11-12H2,1-3H3,(H,32,37)(H,33,38);1H/t14-,21+,22-,23+,27-;/m0./s1. The van der Waals surface area contributed by atoms with Crippen LogP contribution in [0.4, 0.5) is 23.2 Å². The number of aliphatic hydroxyl groups is 2. The van der Waals surface area contributed by atoms with Crippen molar-refractivity contribution in [2.45, 2.75) is 63.1 Å². The van der Waals surface area contributed by atoms with Crippen LogP contribution in [-0.2, 0) is 15.0 Å². The third-order valence-electron chi connectivity index (χ3n) is 7.27. The van der Waals surface area contributed by atoms with Crippen molar-refractivity contribution in [2.75, 3.05) is 18.5 Å². The molecule has 39 heavy (non-hydrogen) atoms. The molecule has 2 aliphatic heterocycles. The van der Waals surface area contributed by atoms with Gasteiger partial charge in [-0.05, 0) is 47.6 Å². The van der Waals surface area contributed by atoms with Crippen LogP contribution in [0.25, 0.3) is 0 Å². The number of halogens is 5. The van der Waals surface area contributed by atoms with E-state index in [4.69, 9.17) is 5.11 Å². The minimum Gasteiger partial charge on any atom is -0.394 e. The fourth-order valence-corrected chi connectivity index (χ4v) is 5.70. The molecule has 0 bridgehead atoms. The third-order valence-corrected chi connectivity index (χ3v) is 7.27. The fourth-order valence-electron chi connectivity index (χ4n) is 5.70. The number of fused-ring (bicyclic) bond motifs is 2. The van der Waals surface area contributed by atoms with Crippen LogP contribution in [0.5, 0.6) is 0 Å². The average Bonchev–Trinajstić information content (AvgIpc) is 3.30. The smallest absolute Gasteiger partial charge is 0.237 e. The molecule has 2 aromatic carbocycles. The van der Waals surface area contributed by atoms with Gasteiger partial charge in [0.15, 0.2) is 23.3 Å². The largest absolute Gasteiger partial charge is 0.394 e. The van der Waals surface area contributed by atoms with Crippen molar-refractivity contribution >= 4 is 29.9 Å². The number of amides is 2. The molecule has 0 aromatic heterocycles. The van der Waals surface area contributed by atoms with E-state index in [1.54, 1.807) is 0 Å². The predicted octanol–water partition coefficient (Wildman–Crippen LogP) is 3.27. The Hall–Kier alpha value is -2.73. The number of hydrogen-bond acceptors (Lipinski definition) is 5. The van der Waals surface area contributed by atoms with E-state index in [9.17, 15) is 32.3 Å². The summed E-state index contributed by atoms with van der Waals surface area (Å²) >= 11 is 0. The Labute approximate surface area is 229 Å². The van der Waals surface area contributed by atoms with Crippen molar-refractivity contribution in [3.8, 4) is 0 Å². The molecular formula is C27H32ClF4N3O4. The van der Waals surface area contributed by atoms with Gasteiger partial charge in [-0.3, -0.25) is 9.59 Å². The summed E-state index contributed by atoms with van der Waals surface area (Å²) in [7, 11) is 0. The van der Waals surface area contributed by atoms with Crippen molar-refractivity contribution in [1.29, 1.82) is 0 Å². The van der Waals surface area contributed by atoms with Crippen LogP contribution in [0.1, 0.15) is 50.7 Å². The van der Waals surface area contributed by atoms with Crippen LogP contribution in [0.15, 0.2) is 30.3 Å². The third kappa shape index (κ3) is 5.63. The maximum atomic E-state index is 14.6. The van der Waals surface area contributed by atoms with Gasteiger partial charge in [0, 0.05) is 30.3 Å². The quantitative estimate of drug-likeness (QED) is 0.327. The van der Waals surface area contributed by atoms with Gasteiger partial charge in [-0.15, -0.1) is 12.4 Å². The lowest BCUT2D eigenvalue weighted by Crippen LogP contribution is -2.49. The average molecular weight is 574 g/mol. The van der Waals surface area contributed by atoms with Crippen molar-refractivity contribution in [1.82, 2.24) is 10.6 Å². The van der Waals surface area contributed by atoms with E-state index in [0.717, 1.165) is 24.3 Å². The van der Waals surface area contributed by atoms with Gasteiger partial charge in [-0.1, -0.05) is 26.8 Å². The normalized spacial score (nSPS) is 24.7. The first kappa shape index (κ1) is 30.8. The summed E-state index contributed by atoms with van der Waals surface area (Å²) in [5.41, 5.74) is -1.80. The Bertz CT molecular complexity index is 1260. The summed E-state index contributed by atoms with van der Waals surface area (Å²) in [5, 5.41) is 27.2. The monoisotopic (exact) mass is 573 g/mol. The van der Waals surface area contributed by atoms with Gasteiger partial charge in [-0.25, -0.2) is 17.6 Å². The predicted molar refractivity (Wildman–Crippen MR) is 139 cm³/mol. The molecule has 4 rings (SSSR count). The lowest BCUT2D eigenvalue weighted by Gasteiger charge is -2.37. The number of rotatable bonds is 7. The summed E-state index contributed by atoms with van der Waals surface area (Å²) in [4.78, 5) is 27.4. The molecule has 2 heterocycles. The molecule has 0 radical (unpaired) electrons. The van der Waals surface area contributed by atoms with Gasteiger partial charge >= 0.3 is 0 Å². The number of hydrogen-bond donors (Lipinski definition) is 5. The molecule has 2 aliphatic rings. The van der Waals surface area contributed by atoms with Gasteiger partial charge in [0.2, 0.25) is 11.8 Å². The van der Waals surface area contributed by atoms with Crippen molar-refractivity contribution < 1.29 is 37.4 Å². The Kier molecular flexibility index (Phi) is 9.01.